The maximum Gasteiger partial charge on any atom is 0.484 e. The van der Waals surface area contributed by atoms with Gasteiger partial charge in [0, 0.05) is 0 Å². The van der Waals surface area contributed by atoms with Gasteiger partial charge in [0.05, 0.1) is 0 Å². The number of ether oxygens (including phenoxy) is 1. The van der Waals surface area contributed by atoms with Crippen LogP contribution in [0.15, 0.2) is 24.3 Å². The molecular weight excluding hydrogens is 194 g/mol. The number of carbonyl (C=O) groups is 1. The number of hydrogen-bond donors (Lipinski definition) is 1. The van der Waals surface area contributed by atoms with Crippen LogP contribution >= 0.6 is 0 Å². The van der Waals surface area contributed by atoms with Gasteiger partial charge in [-0.2, -0.15) is 8.78 Å². The van der Waals surface area contributed by atoms with E-state index in [4.69, 9.17) is 5.84 Å². The Kier molecular flexibility index (Phi) is 1.68. The van der Waals surface area contributed by atoms with E-state index in [0.717, 1.165) is 0 Å². The average molecular weight is 200 g/mol. The van der Waals surface area contributed by atoms with Gasteiger partial charge in [-0.15, -0.1) is 0 Å². The number of amides is 1. The number of anilines is 1. The van der Waals surface area contributed by atoms with Gasteiger partial charge in [-0.25, -0.2) is 10.9 Å². The Balaban J connectivity index is 2.53. The first-order valence-electron chi connectivity index (χ1n) is 3.77. The lowest BCUT2D eigenvalue weighted by atomic mass is 10.2. The van der Waals surface area contributed by atoms with E-state index in [1.54, 1.807) is 6.07 Å². The van der Waals surface area contributed by atoms with E-state index in [1.807, 2.05) is 0 Å². The fourth-order valence-electron chi connectivity index (χ4n) is 1.17. The van der Waals surface area contributed by atoms with Crippen LogP contribution in [0.4, 0.5) is 14.5 Å². The van der Waals surface area contributed by atoms with E-state index in [-0.39, 0.29) is 11.4 Å². The fourth-order valence-corrected chi connectivity index (χ4v) is 1.17. The second-order valence-electron chi connectivity index (χ2n) is 2.76. The molecule has 0 saturated carbocycles. The fraction of sp³-hybridized carbons (Fsp3) is 0.125. The summed E-state index contributed by atoms with van der Waals surface area (Å²) in [6.45, 7) is 0. The minimum atomic E-state index is -3.89. The minimum Gasteiger partial charge on any atom is -0.423 e. The molecule has 1 aromatic carbocycles. The van der Waals surface area contributed by atoms with Crippen LogP contribution in [-0.2, 0) is 4.79 Å². The Morgan fingerprint density at radius 3 is 2.71 bits per heavy atom. The Hall–Kier alpha value is -1.69. The highest BCUT2D eigenvalue weighted by Gasteiger charge is 2.49. The molecule has 14 heavy (non-hydrogen) atoms. The number of para-hydroxylation sites is 2. The number of halogens is 2. The van der Waals surface area contributed by atoms with Gasteiger partial charge in [-0.3, -0.25) is 4.79 Å². The molecule has 2 N–H and O–H groups in total. The van der Waals surface area contributed by atoms with Crippen molar-refractivity contribution in [3.8, 4) is 5.75 Å². The van der Waals surface area contributed by atoms with Crippen molar-refractivity contribution in [3.05, 3.63) is 24.3 Å². The van der Waals surface area contributed by atoms with Gasteiger partial charge in [-0.1, -0.05) is 12.1 Å². The van der Waals surface area contributed by atoms with E-state index in [9.17, 15) is 13.6 Å². The molecule has 0 unspecified atom stereocenters. The van der Waals surface area contributed by atoms with Crippen LogP contribution in [0, 0.1) is 0 Å². The lowest BCUT2D eigenvalue weighted by Crippen LogP contribution is -2.53. The van der Waals surface area contributed by atoms with Gasteiger partial charge in [-0.05, 0) is 12.1 Å². The van der Waals surface area contributed by atoms with Crippen molar-refractivity contribution in [2.45, 2.75) is 6.11 Å². The van der Waals surface area contributed by atoms with Crippen molar-refractivity contribution in [3.63, 3.8) is 0 Å². The van der Waals surface area contributed by atoms with Gasteiger partial charge in [0.1, 0.15) is 5.69 Å². The molecule has 0 spiro atoms. The predicted molar refractivity (Wildman–Crippen MR) is 43.7 cm³/mol. The van der Waals surface area contributed by atoms with Crippen LogP contribution in [0.3, 0.4) is 0 Å². The Bertz CT molecular complexity index is 395. The molecule has 0 radical (unpaired) electrons. The first kappa shape index (κ1) is 8.89. The summed E-state index contributed by atoms with van der Waals surface area (Å²) in [5, 5.41) is 0.388. The zero-order valence-electron chi connectivity index (χ0n) is 6.91. The Labute approximate surface area is 77.8 Å². The SMILES string of the molecule is NN1C(=O)C(F)(F)Oc2ccccc21. The summed E-state index contributed by atoms with van der Waals surface area (Å²) in [5.74, 6) is 3.50. The third-order valence-corrected chi connectivity index (χ3v) is 1.83. The molecular formula is C8H6F2N2O2. The highest BCUT2D eigenvalue weighted by molar-refractivity contribution is 5.99. The lowest BCUT2D eigenvalue weighted by molar-refractivity contribution is -0.192. The summed E-state index contributed by atoms with van der Waals surface area (Å²) in [6.07, 6.45) is -3.89. The zero-order chi connectivity index (χ0) is 10.3. The third-order valence-electron chi connectivity index (χ3n) is 1.83. The molecule has 0 saturated heterocycles. The summed E-state index contributed by atoms with van der Waals surface area (Å²) in [7, 11) is 0. The number of nitrogens with two attached hydrogens (primary N) is 1. The molecule has 1 aliphatic heterocycles. The van der Waals surface area contributed by atoms with E-state index < -0.39 is 12.0 Å². The number of carbonyl (C=O) groups excluding carboxylic acids is 1. The summed E-state index contributed by atoms with van der Waals surface area (Å²) >= 11 is 0. The highest BCUT2D eigenvalue weighted by atomic mass is 19.3. The normalized spacial score (nSPS) is 18.8. The number of rotatable bonds is 0. The van der Waals surface area contributed by atoms with Crippen molar-refractivity contribution in [2.24, 2.45) is 5.84 Å². The van der Waals surface area contributed by atoms with E-state index in [2.05, 4.69) is 4.74 Å². The van der Waals surface area contributed by atoms with Crippen LogP contribution in [0.2, 0.25) is 0 Å². The van der Waals surface area contributed by atoms with Crippen LogP contribution in [0.25, 0.3) is 0 Å². The van der Waals surface area contributed by atoms with Crippen LogP contribution < -0.4 is 15.6 Å². The maximum atomic E-state index is 12.8. The molecule has 4 nitrogen and oxygen atoms in total. The standard InChI is InChI=1S/C8H6F2N2O2/c9-8(10)7(13)12(11)5-3-1-2-4-6(5)14-8/h1-4H,11H2. The number of nitrogens with zero attached hydrogens (tertiary/aromatic N) is 1. The van der Waals surface area contributed by atoms with E-state index in [0.29, 0.717) is 5.01 Å². The third kappa shape index (κ3) is 1.12. The first-order chi connectivity index (χ1) is 6.52. The van der Waals surface area contributed by atoms with E-state index in [1.165, 1.54) is 18.2 Å². The molecule has 74 valence electrons. The number of hydrazine groups is 1. The van der Waals surface area contributed by atoms with Crippen molar-refractivity contribution in [2.75, 3.05) is 5.01 Å². The van der Waals surface area contributed by atoms with Crippen molar-refractivity contribution in [1.82, 2.24) is 0 Å². The second kappa shape index (κ2) is 2.65. The molecule has 0 fully saturated rings. The summed E-state index contributed by atoms with van der Waals surface area (Å²) in [4.78, 5) is 10.9. The predicted octanol–water partition coefficient (Wildman–Crippen LogP) is 0.878. The van der Waals surface area contributed by atoms with Gasteiger partial charge < -0.3 is 4.74 Å². The maximum absolute atomic E-state index is 12.8. The highest BCUT2D eigenvalue weighted by Crippen LogP contribution is 2.36. The molecule has 1 amide bonds. The molecule has 0 aromatic heterocycles. The summed E-state index contributed by atoms with van der Waals surface area (Å²) in [6, 6.07) is 5.81. The number of benzene rings is 1. The molecule has 1 aromatic rings. The van der Waals surface area contributed by atoms with Gasteiger partial charge >= 0.3 is 12.0 Å². The smallest absolute Gasteiger partial charge is 0.423 e. The molecule has 0 bridgehead atoms. The number of hydrogen-bond acceptors (Lipinski definition) is 3. The topological polar surface area (TPSA) is 55.6 Å². The van der Waals surface area contributed by atoms with E-state index >= 15 is 0 Å². The lowest BCUT2D eigenvalue weighted by Gasteiger charge is -2.29. The Morgan fingerprint density at radius 2 is 2.00 bits per heavy atom. The summed E-state index contributed by atoms with van der Waals surface area (Å²) < 4.78 is 29.9. The van der Waals surface area contributed by atoms with Crippen molar-refractivity contribution in [1.29, 1.82) is 0 Å². The first-order valence-corrected chi connectivity index (χ1v) is 3.77. The molecule has 1 aliphatic rings. The molecule has 0 atom stereocenters. The number of alkyl halides is 2. The minimum absolute atomic E-state index is 0.111. The summed E-state index contributed by atoms with van der Waals surface area (Å²) in [5.41, 5.74) is 0.128. The van der Waals surface area contributed by atoms with Crippen LogP contribution in [0.5, 0.6) is 5.75 Å². The average Bonchev–Trinajstić information content (AvgIpc) is 2.14. The zero-order valence-corrected chi connectivity index (χ0v) is 6.91. The van der Waals surface area contributed by atoms with Crippen molar-refractivity contribution >= 4 is 11.6 Å². The molecule has 2 rings (SSSR count). The van der Waals surface area contributed by atoms with Crippen LogP contribution in [-0.4, -0.2) is 12.0 Å². The number of fused-ring (bicyclic) bond motifs is 1. The monoisotopic (exact) mass is 200 g/mol. The van der Waals surface area contributed by atoms with Crippen LogP contribution in [0.1, 0.15) is 0 Å². The molecule has 0 aliphatic carbocycles. The Morgan fingerprint density at radius 1 is 1.36 bits per heavy atom. The molecule has 1 heterocycles. The largest absolute Gasteiger partial charge is 0.484 e. The molecule has 6 heteroatoms. The van der Waals surface area contributed by atoms with Gasteiger partial charge in [0.25, 0.3) is 0 Å². The van der Waals surface area contributed by atoms with Gasteiger partial charge in [0.2, 0.25) is 0 Å². The van der Waals surface area contributed by atoms with Gasteiger partial charge in [0.15, 0.2) is 5.75 Å². The quantitative estimate of drug-likeness (QED) is 0.499. The second-order valence-corrected chi connectivity index (χ2v) is 2.76. The van der Waals surface area contributed by atoms with Crippen molar-refractivity contribution < 1.29 is 18.3 Å².